The summed E-state index contributed by atoms with van der Waals surface area (Å²) in [6, 6.07) is 19.4. The fourth-order valence-electron chi connectivity index (χ4n) is 2.20. The molecular weight excluding hydrogens is 307 g/mol. The average Bonchev–Trinajstić information content (AvgIpc) is 2.60. The highest BCUT2D eigenvalue weighted by molar-refractivity contribution is 5.84. The van der Waals surface area contributed by atoms with E-state index < -0.39 is 5.91 Å². The van der Waals surface area contributed by atoms with Crippen LogP contribution in [0.3, 0.4) is 0 Å². The molecule has 0 spiro atoms. The zero-order valence-electron chi connectivity index (χ0n) is 12.8. The molecule has 0 fully saturated rings. The van der Waals surface area contributed by atoms with E-state index in [-0.39, 0.29) is 12.4 Å². The summed E-state index contributed by atoms with van der Waals surface area (Å²) < 4.78 is 18.5. The van der Waals surface area contributed by atoms with Crippen LogP contribution in [-0.2, 0) is 4.79 Å². The van der Waals surface area contributed by atoms with Crippen molar-refractivity contribution in [2.45, 2.75) is 0 Å². The molecule has 0 aliphatic heterocycles. The van der Waals surface area contributed by atoms with Gasteiger partial charge < -0.3 is 4.74 Å². The van der Waals surface area contributed by atoms with Crippen LogP contribution in [0.4, 0.5) is 4.39 Å². The van der Waals surface area contributed by atoms with Crippen molar-refractivity contribution in [1.29, 1.82) is 0 Å². The van der Waals surface area contributed by atoms with Gasteiger partial charge in [0.15, 0.2) is 6.61 Å². The molecule has 3 aromatic carbocycles. The molecule has 5 heteroatoms. The van der Waals surface area contributed by atoms with E-state index >= 15 is 0 Å². The summed E-state index contributed by atoms with van der Waals surface area (Å²) in [7, 11) is 0. The van der Waals surface area contributed by atoms with Crippen molar-refractivity contribution in [2.75, 3.05) is 6.61 Å². The fraction of sp³-hybridized carbons (Fsp3) is 0.0526. The number of hydrazone groups is 1. The predicted octanol–water partition coefficient (Wildman–Crippen LogP) is 3.51. The normalized spacial score (nSPS) is 10.9. The van der Waals surface area contributed by atoms with Gasteiger partial charge in [-0.15, -0.1) is 0 Å². The Balaban J connectivity index is 1.53. The van der Waals surface area contributed by atoms with E-state index in [4.69, 9.17) is 4.74 Å². The highest BCUT2D eigenvalue weighted by Gasteiger charge is 2.02. The van der Waals surface area contributed by atoms with E-state index in [0.717, 1.165) is 10.8 Å². The number of carbonyl (C=O) groups excluding carboxylic acids is 1. The molecule has 1 amide bonds. The number of carbonyl (C=O) groups is 1. The van der Waals surface area contributed by atoms with Gasteiger partial charge >= 0.3 is 0 Å². The van der Waals surface area contributed by atoms with Crippen LogP contribution in [0, 0.1) is 5.82 Å². The van der Waals surface area contributed by atoms with Gasteiger partial charge in [-0.1, -0.05) is 42.5 Å². The number of halogens is 1. The Hall–Kier alpha value is -3.21. The van der Waals surface area contributed by atoms with Gasteiger partial charge in [0.05, 0.1) is 6.21 Å². The monoisotopic (exact) mass is 322 g/mol. The number of nitrogens with zero attached hydrogens (tertiary/aromatic N) is 1. The summed E-state index contributed by atoms with van der Waals surface area (Å²) in [5.74, 6) is -0.140. The average molecular weight is 322 g/mol. The highest BCUT2D eigenvalue weighted by atomic mass is 19.1. The van der Waals surface area contributed by atoms with Crippen LogP contribution in [-0.4, -0.2) is 18.7 Å². The Morgan fingerprint density at radius 2 is 1.88 bits per heavy atom. The number of amides is 1. The summed E-state index contributed by atoms with van der Waals surface area (Å²) >= 11 is 0. The smallest absolute Gasteiger partial charge is 0.277 e. The van der Waals surface area contributed by atoms with Gasteiger partial charge in [0.2, 0.25) is 0 Å². The molecule has 0 atom stereocenters. The van der Waals surface area contributed by atoms with Crippen molar-refractivity contribution in [3.8, 4) is 5.75 Å². The summed E-state index contributed by atoms with van der Waals surface area (Å²) in [6.45, 7) is -0.154. The minimum Gasteiger partial charge on any atom is -0.484 e. The Bertz CT molecular complexity index is 893. The standard InChI is InChI=1S/C19H15FN2O2/c20-17-7-3-4-14(10-17)12-21-22-19(23)13-24-18-9-8-15-5-1-2-6-16(15)11-18/h1-12H,13H2,(H,22,23). The van der Waals surface area contributed by atoms with Gasteiger partial charge in [-0.3, -0.25) is 4.79 Å². The van der Waals surface area contributed by atoms with Gasteiger partial charge in [-0.2, -0.15) is 5.10 Å². The maximum Gasteiger partial charge on any atom is 0.277 e. The van der Waals surface area contributed by atoms with Crippen LogP contribution >= 0.6 is 0 Å². The number of benzene rings is 3. The highest BCUT2D eigenvalue weighted by Crippen LogP contribution is 2.20. The number of rotatable bonds is 5. The topological polar surface area (TPSA) is 50.7 Å². The van der Waals surface area contributed by atoms with Crippen LogP contribution in [0.2, 0.25) is 0 Å². The first kappa shape index (κ1) is 15.7. The van der Waals surface area contributed by atoms with Crippen molar-refractivity contribution in [1.82, 2.24) is 5.43 Å². The summed E-state index contributed by atoms with van der Waals surface area (Å²) in [5, 5.41) is 5.92. The van der Waals surface area contributed by atoms with Crippen LogP contribution in [0.1, 0.15) is 5.56 Å². The Morgan fingerprint density at radius 3 is 2.71 bits per heavy atom. The molecule has 0 radical (unpaired) electrons. The molecule has 0 aliphatic carbocycles. The maximum atomic E-state index is 13.0. The third-order valence-corrected chi connectivity index (χ3v) is 3.34. The molecule has 0 aliphatic rings. The van der Waals surface area contributed by atoms with E-state index in [1.807, 2.05) is 42.5 Å². The molecule has 3 aromatic rings. The molecule has 0 aromatic heterocycles. The zero-order valence-corrected chi connectivity index (χ0v) is 12.8. The lowest BCUT2D eigenvalue weighted by atomic mass is 10.1. The third-order valence-electron chi connectivity index (χ3n) is 3.34. The SMILES string of the molecule is O=C(COc1ccc2ccccc2c1)NN=Cc1cccc(F)c1. The number of ether oxygens (including phenoxy) is 1. The first-order chi connectivity index (χ1) is 11.7. The van der Waals surface area contributed by atoms with Crippen LogP contribution in [0.15, 0.2) is 71.8 Å². The maximum absolute atomic E-state index is 13.0. The van der Waals surface area contributed by atoms with Crippen LogP contribution in [0.25, 0.3) is 10.8 Å². The van der Waals surface area contributed by atoms with Gasteiger partial charge in [0.1, 0.15) is 11.6 Å². The lowest BCUT2D eigenvalue weighted by Gasteiger charge is -2.06. The number of fused-ring (bicyclic) bond motifs is 1. The second kappa shape index (κ2) is 7.37. The minimum absolute atomic E-state index is 0.154. The van der Waals surface area contributed by atoms with Crippen molar-refractivity contribution >= 4 is 22.9 Å². The molecule has 1 N–H and O–H groups in total. The lowest BCUT2D eigenvalue weighted by molar-refractivity contribution is -0.123. The number of nitrogens with one attached hydrogen (secondary N) is 1. The Labute approximate surface area is 138 Å². The van der Waals surface area contributed by atoms with E-state index in [9.17, 15) is 9.18 Å². The van der Waals surface area contributed by atoms with Crippen molar-refractivity contribution in [2.24, 2.45) is 5.10 Å². The molecule has 3 rings (SSSR count). The largest absolute Gasteiger partial charge is 0.484 e. The van der Waals surface area contributed by atoms with Gasteiger partial charge in [0.25, 0.3) is 5.91 Å². The van der Waals surface area contributed by atoms with E-state index in [1.54, 1.807) is 12.1 Å². The van der Waals surface area contributed by atoms with Gasteiger partial charge in [0, 0.05) is 0 Å². The molecule has 0 saturated heterocycles. The first-order valence-electron chi connectivity index (χ1n) is 7.40. The second-order valence-electron chi connectivity index (χ2n) is 5.15. The molecule has 0 saturated carbocycles. The summed E-state index contributed by atoms with van der Waals surface area (Å²) in [4.78, 5) is 11.7. The Morgan fingerprint density at radius 1 is 1.04 bits per heavy atom. The molecule has 120 valence electrons. The van der Waals surface area contributed by atoms with Crippen LogP contribution in [0.5, 0.6) is 5.75 Å². The van der Waals surface area contributed by atoms with E-state index in [0.29, 0.717) is 11.3 Å². The molecular formula is C19H15FN2O2. The van der Waals surface area contributed by atoms with Gasteiger partial charge in [-0.05, 0) is 40.6 Å². The summed E-state index contributed by atoms with van der Waals surface area (Å²) in [6.07, 6.45) is 1.37. The Kier molecular flexibility index (Phi) is 4.81. The number of hydrogen-bond acceptors (Lipinski definition) is 3. The second-order valence-corrected chi connectivity index (χ2v) is 5.15. The lowest BCUT2D eigenvalue weighted by Crippen LogP contribution is -2.24. The van der Waals surface area contributed by atoms with Crippen LogP contribution < -0.4 is 10.2 Å². The van der Waals surface area contributed by atoms with E-state index in [1.165, 1.54) is 18.3 Å². The molecule has 24 heavy (non-hydrogen) atoms. The fourth-order valence-corrected chi connectivity index (χ4v) is 2.20. The third kappa shape index (κ3) is 4.16. The zero-order chi connectivity index (χ0) is 16.8. The quantitative estimate of drug-likeness (QED) is 0.577. The minimum atomic E-state index is -0.393. The number of hydrogen-bond donors (Lipinski definition) is 1. The van der Waals surface area contributed by atoms with Crippen molar-refractivity contribution < 1.29 is 13.9 Å². The van der Waals surface area contributed by atoms with Crippen molar-refractivity contribution in [3.05, 3.63) is 78.1 Å². The summed E-state index contributed by atoms with van der Waals surface area (Å²) in [5.41, 5.74) is 2.90. The van der Waals surface area contributed by atoms with E-state index in [2.05, 4.69) is 10.5 Å². The molecule has 0 heterocycles. The molecule has 4 nitrogen and oxygen atoms in total. The van der Waals surface area contributed by atoms with Crippen molar-refractivity contribution in [3.63, 3.8) is 0 Å². The predicted molar refractivity (Wildman–Crippen MR) is 91.6 cm³/mol. The first-order valence-corrected chi connectivity index (χ1v) is 7.40. The van der Waals surface area contributed by atoms with Gasteiger partial charge in [-0.25, -0.2) is 9.82 Å². The molecule has 0 bridgehead atoms. The molecule has 0 unspecified atom stereocenters.